The van der Waals surface area contributed by atoms with Gasteiger partial charge in [-0.15, -0.1) is 0 Å². The fourth-order valence-electron chi connectivity index (χ4n) is 4.27. The van der Waals surface area contributed by atoms with E-state index in [1.165, 1.54) is 55.7 Å². The quantitative estimate of drug-likeness (QED) is 0.209. The van der Waals surface area contributed by atoms with E-state index < -0.39 is 43.8 Å². The molecule has 0 unspecified atom stereocenters. The molecule has 13 nitrogen and oxygen atoms in total. The van der Waals surface area contributed by atoms with Crippen LogP contribution in [-0.2, 0) is 21.1 Å². The highest BCUT2D eigenvalue weighted by atomic mass is 32.5. The van der Waals surface area contributed by atoms with E-state index in [0.29, 0.717) is 11.5 Å². The number of hydrogen-bond acceptors (Lipinski definition) is 13. The molecule has 1 aliphatic heterocycles. The normalized spacial score (nSPS) is 22.4. The van der Waals surface area contributed by atoms with Crippen molar-refractivity contribution in [2.24, 2.45) is 0 Å². The maximum Gasteiger partial charge on any atom is 0.435 e. The van der Waals surface area contributed by atoms with Gasteiger partial charge in [0.25, 0.3) is 6.43 Å². The first-order valence-corrected chi connectivity index (χ1v) is 14.8. The smallest absolute Gasteiger partial charge is 0.435 e. The number of benzene rings is 2. The molecule has 3 heterocycles. The monoisotopic (exact) mass is 625 g/mol. The van der Waals surface area contributed by atoms with Gasteiger partial charge in [-0.2, -0.15) is 0 Å². The highest BCUT2D eigenvalue weighted by Gasteiger charge is 2.61. The molecule has 0 amide bonds. The zero-order valence-corrected chi connectivity index (χ0v) is 23.8. The summed E-state index contributed by atoms with van der Waals surface area (Å²) in [4.78, 5) is 11.9. The molecule has 4 aromatic rings. The molecular weight excluding hydrogens is 599 g/mol. The van der Waals surface area contributed by atoms with Crippen LogP contribution < -0.4 is 24.3 Å². The van der Waals surface area contributed by atoms with Crippen LogP contribution in [0.3, 0.4) is 0 Å². The largest absolute Gasteiger partial charge is 0.497 e. The molecule has 4 N–H and O–H groups in total. The number of hydrogen-bond donors (Lipinski definition) is 3. The molecule has 0 saturated carbocycles. The van der Waals surface area contributed by atoms with Crippen molar-refractivity contribution in [3.05, 3.63) is 61.2 Å². The van der Waals surface area contributed by atoms with Gasteiger partial charge in [0, 0.05) is 11.8 Å². The Morgan fingerprint density at radius 2 is 1.52 bits per heavy atom. The number of rotatable bonds is 11. The van der Waals surface area contributed by atoms with Crippen molar-refractivity contribution in [2.75, 3.05) is 26.6 Å². The average molecular weight is 626 g/mol. The number of aliphatic hydroxyl groups excluding tert-OH is 2. The van der Waals surface area contributed by atoms with Crippen molar-refractivity contribution in [2.45, 2.75) is 30.5 Å². The third-order valence-electron chi connectivity index (χ3n) is 6.50. The first-order valence-electron chi connectivity index (χ1n) is 12.3. The summed E-state index contributed by atoms with van der Waals surface area (Å²) >= 11 is 5.61. The number of fused-ring (bicyclic) bond motifs is 1. The molecule has 0 aliphatic carbocycles. The minimum atomic E-state index is -3.93. The van der Waals surface area contributed by atoms with Crippen LogP contribution in [0.2, 0.25) is 0 Å². The standard InChI is InChI=1S/C25H26F2N5O8PS/c1-35-14-3-7-16(8-4-14)39-41(42,40-17-9-5-15(36-2)6-10-17)37-11-25(24(26)27)20(34)19(33)23(38-25)32-13-31-22-18(32)21(28)29-12-30-22/h3-10,12-13,19-20,23-24,33-34H,11H2,1-2H3,(H2,28,29,30)/t19-,20+,23-,25-/m1/s1. The van der Waals surface area contributed by atoms with Crippen molar-refractivity contribution >= 4 is 35.5 Å². The van der Waals surface area contributed by atoms with Crippen LogP contribution in [-0.4, -0.2) is 74.8 Å². The van der Waals surface area contributed by atoms with E-state index in [9.17, 15) is 19.0 Å². The number of nitrogens with zero attached hydrogens (tertiary/aromatic N) is 4. The van der Waals surface area contributed by atoms with Crippen LogP contribution in [0.4, 0.5) is 14.6 Å². The van der Waals surface area contributed by atoms with E-state index >= 15 is 0 Å². The summed E-state index contributed by atoms with van der Waals surface area (Å²) in [7, 11) is 2.98. The molecule has 2 aromatic carbocycles. The third-order valence-corrected chi connectivity index (χ3v) is 8.57. The van der Waals surface area contributed by atoms with E-state index in [2.05, 4.69) is 15.0 Å². The Balaban J connectivity index is 1.45. The number of alkyl halides is 2. The summed E-state index contributed by atoms with van der Waals surface area (Å²) in [6.07, 6.45) is -6.56. The molecule has 0 spiro atoms. The Kier molecular flexibility index (Phi) is 8.46. The SMILES string of the molecule is COc1ccc(OP(=S)(OC[C@@]2(C(F)F)O[C@@H](n3cnc4ncnc(N)c43)[C@H](O)[C@@H]2O)Oc2ccc(OC)cc2)cc1. The molecule has 42 heavy (non-hydrogen) atoms. The van der Waals surface area contributed by atoms with Gasteiger partial charge < -0.3 is 39.2 Å². The molecule has 4 atom stereocenters. The van der Waals surface area contributed by atoms with Crippen molar-refractivity contribution in [1.82, 2.24) is 19.5 Å². The topological polar surface area (TPSA) is 165 Å². The number of anilines is 1. The van der Waals surface area contributed by atoms with E-state index in [4.69, 9.17) is 45.3 Å². The van der Waals surface area contributed by atoms with Crippen LogP contribution in [0, 0.1) is 0 Å². The Morgan fingerprint density at radius 3 is 2.05 bits per heavy atom. The Morgan fingerprint density at radius 1 is 0.976 bits per heavy atom. The molecule has 1 saturated heterocycles. The second-order valence-corrected chi connectivity index (χ2v) is 11.9. The summed E-state index contributed by atoms with van der Waals surface area (Å²) in [5.74, 6) is 1.43. The van der Waals surface area contributed by atoms with Gasteiger partial charge in [0.15, 0.2) is 23.3 Å². The summed E-state index contributed by atoms with van der Waals surface area (Å²) in [6, 6.07) is 12.5. The Bertz CT molecular complexity index is 1530. The number of halogens is 2. The van der Waals surface area contributed by atoms with Gasteiger partial charge in [-0.3, -0.25) is 9.09 Å². The fraction of sp³-hybridized carbons (Fsp3) is 0.320. The molecule has 1 fully saturated rings. The molecule has 2 aromatic heterocycles. The fourth-order valence-corrected chi connectivity index (χ4v) is 6.21. The molecule has 0 bridgehead atoms. The zero-order chi connectivity index (χ0) is 30.1. The van der Waals surface area contributed by atoms with E-state index in [1.807, 2.05) is 0 Å². The second-order valence-electron chi connectivity index (χ2n) is 9.04. The maximum atomic E-state index is 14.7. The van der Waals surface area contributed by atoms with Gasteiger partial charge in [0.05, 0.1) is 20.8 Å². The van der Waals surface area contributed by atoms with Crippen molar-refractivity contribution in [3.63, 3.8) is 0 Å². The maximum absolute atomic E-state index is 14.7. The van der Waals surface area contributed by atoms with Gasteiger partial charge >= 0.3 is 6.72 Å². The first-order chi connectivity index (χ1) is 20.1. The summed E-state index contributed by atoms with van der Waals surface area (Å²) in [5, 5.41) is 21.8. The van der Waals surface area contributed by atoms with Crippen LogP contribution in [0.15, 0.2) is 61.2 Å². The zero-order valence-electron chi connectivity index (χ0n) is 22.1. The molecule has 1 aliphatic rings. The average Bonchev–Trinajstić information content (AvgIpc) is 3.53. The minimum Gasteiger partial charge on any atom is -0.497 e. The Hall–Kier alpha value is -3.66. The molecule has 0 radical (unpaired) electrons. The van der Waals surface area contributed by atoms with E-state index in [-0.39, 0.29) is 28.5 Å². The van der Waals surface area contributed by atoms with Crippen molar-refractivity contribution < 1.29 is 46.8 Å². The molecule has 17 heteroatoms. The Labute approximate surface area is 243 Å². The highest BCUT2D eigenvalue weighted by Crippen LogP contribution is 2.53. The summed E-state index contributed by atoms with van der Waals surface area (Å²) in [5.41, 5.74) is 3.43. The lowest BCUT2D eigenvalue weighted by Crippen LogP contribution is -2.52. The summed E-state index contributed by atoms with van der Waals surface area (Å²) < 4.78 is 64.1. The third kappa shape index (κ3) is 5.69. The van der Waals surface area contributed by atoms with Crippen LogP contribution >= 0.6 is 6.72 Å². The van der Waals surface area contributed by atoms with Crippen LogP contribution in [0.25, 0.3) is 11.2 Å². The van der Waals surface area contributed by atoms with Gasteiger partial charge in [0.1, 0.15) is 53.4 Å². The predicted octanol–water partition coefficient (Wildman–Crippen LogP) is 3.08. The number of aromatic nitrogens is 4. The van der Waals surface area contributed by atoms with Gasteiger partial charge in [-0.25, -0.2) is 23.7 Å². The molecular formula is C25H26F2N5O8PS. The van der Waals surface area contributed by atoms with Gasteiger partial charge in [-0.1, -0.05) is 0 Å². The number of nitrogens with two attached hydrogens (primary N) is 1. The number of imidazole rings is 1. The van der Waals surface area contributed by atoms with Crippen molar-refractivity contribution in [3.8, 4) is 23.0 Å². The van der Waals surface area contributed by atoms with Gasteiger partial charge in [0.2, 0.25) is 0 Å². The lowest BCUT2D eigenvalue weighted by molar-refractivity contribution is -0.191. The van der Waals surface area contributed by atoms with E-state index in [0.717, 1.165) is 0 Å². The number of aliphatic hydroxyl groups is 2. The van der Waals surface area contributed by atoms with Crippen molar-refractivity contribution in [1.29, 1.82) is 0 Å². The van der Waals surface area contributed by atoms with Crippen LogP contribution in [0.5, 0.6) is 23.0 Å². The number of ether oxygens (including phenoxy) is 3. The van der Waals surface area contributed by atoms with Gasteiger partial charge in [-0.05, 0) is 48.5 Å². The molecule has 5 rings (SSSR count). The second kappa shape index (κ2) is 11.9. The number of methoxy groups -OCH3 is 2. The predicted molar refractivity (Wildman–Crippen MR) is 148 cm³/mol. The summed E-state index contributed by atoms with van der Waals surface area (Å²) in [6.45, 7) is -4.96. The highest BCUT2D eigenvalue weighted by molar-refractivity contribution is 8.07. The lowest BCUT2D eigenvalue weighted by atomic mass is 9.96. The van der Waals surface area contributed by atoms with Crippen LogP contribution in [0.1, 0.15) is 6.23 Å². The van der Waals surface area contributed by atoms with E-state index in [1.54, 1.807) is 24.3 Å². The first kappa shape index (κ1) is 29.8. The molecule has 224 valence electrons. The minimum absolute atomic E-state index is 0.0372. The lowest BCUT2D eigenvalue weighted by Gasteiger charge is -2.33. The number of nitrogen functional groups attached to an aromatic ring is 1.